The maximum atomic E-state index is 12.9. The summed E-state index contributed by atoms with van der Waals surface area (Å²) in [7, 11) is -3.85. The number of sulfonamides is 1. The van der Waals surface area contributed by atoms with Gasteiger partial charge in [-0.2, -0.15) is 4.31 Å². The van der Waals surface area contributed by atoms with Gasteiger partial charge in [-0.3, -0.25) is 19.7 Å². The number of pyridine rings is 2. The third kappa shape index (κ3) is 3.34. The SMILES string of the molecule is O=c1[nH]c(=O)c2cc(S(=O)(=O)N3CCC(Oc4cccnc4)C3)cnc2[nH]1. The van der Waals surface area contributed by atoms with Gasteiger partial charge >= 0.3 is 5.69 Å². The maximum absolute atomic E-state index is 12.9. The van der Waals surface area contributed by atoms with Crippen molar-refractivity contribution >= 4 is 21.1 Å². The van der Waals surface area contributed by atoms with Crippen LogP contribution in [0.1, 0.15) is 6.42 Å². The monoisotopic (exact) mass is 389 g/mol. The van der Waals surface area contributed by atoms with Crippen LogP contribution in [0, 0.1) is 0 Å². The Bertz CT molecular complexity index is 1210. The van der Waals surface area contributed by atoms with Gasteiger partial charge in [0.2, 0.25) is 10.0 Å². The molecule has 3 aromatic rings. The molecule has 0 amide bonds. The Balaban J connectivity index is 1.59. The summed E-state index contributed by atoms with van der Waals surface area (Å²) in [4.78, 5) is 35.4. The molecule has 4 rings (SSSR count). The first-order valence-corrected chi connectivity index (χ1v) is 9.57. The summed E-state index contributed by atoms with van der Waals surface area (Å²) >= 11 is 0. The molecule has 11 heteroatoms. The van der Waals surface area contributed by atoms with E-state index in [1.807, 2.05) is 0 Å². The van der Waals surface area contributed by atoms with Crippen molar-refractivity contribution in [1.82, 2.24) is 24.2 Å². The number of aromatic amines is 2. The van der Waals surface area contributed by atoms with E-state index >= 15 is 0 Å². The first-order valence-electron chi connectivity index (χ1n) is 8.13. The van der Waals surface area contributed by atoms with Crippen LogP contribution in [0.2, 0.25) is 0 Å². The molecule has 1 saturated heterocycles. The molecule has 140 valence electrons. The number of nitrogens with zero attached hydrogens (tertiary/aromatic N) is 3. The van der Waals surface area contributed by atoms with Crippen molar-refractivity contribution in [1.29, 1.82) is 0 Å². The number of H-pyrrole nitrogens is 2. The average Bonchev–Trinajstić information content (AvgIpc) is 3.11. The van der Waals surface area contributed by atoms with Gasteiger partial charge in [0.05, 0.1) is 18.1 Å². The quantitative estimate of drug-likeness (QED) is 0.633. The normalized spacial score (nSPS) is 18.0. The molecule has 0 bridgehead atoms. The Morgan fingerprint density at radius 3 is 2.85 bits per heavy atom. The van der Waals surface area contributed by atoms with E-state index in [0.717, 1.165) is 6.20 Å². The van der Waals surface area contributed by atoms with Gasteiger partial charge in [-0.25, -0.2) is 18.2 Å². The highest BCUT2D eigenvalue weighted by Crippen LogP contribution is 2.24. The van der Waals surface area contributed by atoms with Crippen LogP contribution in [0.25, 0.3) is 11.0 Å². The first-order chi connectivity index (χ1) is 12.9. The first kappa shape index (κ1) is 17.4. The van der Waals surface area contributed by atoms with Crippen LogP contribution in [0.5, 0.6) is 5.75 Å². The van der Waals surface area contributed by atoms with E-state index in [4.69, 9.17) is 4.74 Å². The minimum absolute atomic E-state index is 0.00182. The Hall–Kier alpha value is -3.05. The lowest BCUT2D eigenvalue weighted by molar-refractivity contribution is 0.214. The second kappa shape index (κ2) is 6.59. The number of hydrogen-bond acceptors (Lipinski definition) is 7. The van der Waals surface area contributed by atoms with E-state index in [-0.39, 0.29) is 35.1 Å². The Kier molecular flexibility index (Phi) is 4.24. The van der Waals surface area contributed by atoms with Crippen LogP contribution in [0.15, 0.2) is 51.3 Å². The molecule has 1 fully saturated rings. The summed E-state index contributed by atoms with van der Waals surface area (Å²) in [6.07, 6.45) is 4.56. The molecule has 0 saturated carbocycles. The zero-order chi connectivity index (χ0) is 19.0. The Morgan fingerprint density at radius 2 is 2.07 bits per heavy atom. The van der Waals surface area contributed by atoms with Crippen molar-refractivity contribution in [3.05, 3.63) is 57.6 Å². The molecule has 0 spiro atoms. The lowest BCUT2D eigenvalue weighted by atomic mass is 10.3. The minimum atomic E-state index is -3.85. The van der Waals surface area contributed by atoms with Crippen LogP contribution in [-0.2, 0) is 10.0 Å². The summed E-state index contributed by atoms with van der Waals surface area (Å²) in [6.45, 7) is 0.463. The number of fused-ring (bicyclic) bond motifs is 1. The second-order valence-electron chi connectivity index (χ2n) is 6.06. The van der Waals surface area contributed by atoms with Gasteiger partial charge < -0.3 is 4.74 Å². The van der Waals surface area contributed by atoms with Gasteiger partial charge in [-0.15, -0.1) is 0 Å². The zero-order valence-electron chi connectivity index (χ0n) is 14.0. The zero-order valence-corrected chi connectivity index (χ0v) is 14.8. The van der Waals surface area contributed by atoms with Crippen molar-refractivity contribution in [3.63, 3.8) is 0 Å². The van der Waals surface area contributed by atoms with Crippen molar-refractivity contribution in [3.8, 4) is 5.75 Å². The molecule has 27 heavy (non-hydrogen) atoms. The molecular formula is C16H15N5O5S. The molecule has 2 N–H and O–H groups in total. The van der Waals surface area contributed by atoms with Gasteiger partial charge in [0.25, 0.3) is 5.56 Å². The molecule has 0 radical (unpaired) electrons. The van der Waals surface area contributed by atoms with Gasteiger partial charge in [-0.05, 0) is 24.6 Å². The lowest BCUT2D eigenvalue weighted by Gasteiger charge is -2.17. The Morgan fingerprint density at radius 1 is 1.22 bits per heavy atom. The second-order valence-corrected chi connectivity index (χ2v) is 7.99. The number of aromatic nitrogens is 4. The summed E-state index contributed by atoms with van der Waals surface area (Å²) in [5.74, 6) is 0.574. The van der Waals surface area contributed by atoms with E-state index in [1.165, 1.54) is 10.4 Å². The fourth-order valence-electron chi connectivity index (χ4n) is 2.94. The van der Waals surface area contributed by atoms with Crippen LogP contribution >= 0.6 is 0 Å². The van der Waals surface area contributed by atoms with Gasteiger partial charge in [0, 0.05) is 18.9 Å². The van der Waals surface area contributed by atoms with Crippen molar-refractivity contribution < 1.29 is 13.2 Å². The van der Waals surface area contributed by atoms with Crippen LogP contribution in [-0.4, -0.2) is 51.9 Å². The van der Waals surface area contributed by atoms with Gasteiger partial charge in [0.15, 0.2) is 0 Å². The predicted molar refractivity (Wildman–Crippen MR) is 95.0 cm³/mol. The molecular weight excluding hydrogens is 374 g/mol. The van der Waals surface area contributed by atoms with Gasteiger partial charge in [0.1, 0.15) is 22.4 Å². The molecule has 0 aliphatic carbocycles. The van der Waals surface area contributed by atoms with E-state index in [2.05, 4.69) is 19.9 Å². The molecule has 10 nitrogen and oxygen atoms in total. The average molecular weight is 389 g/mol. The summed E-state index contributed by atoms with van der Waals surface area (Å²) in [5.41, 5.74) is -1.37. The summed E-state index contributed by atoms with van der Waals surface area (Å²) in [6, 6.07) is 4.70. The predicted octanol–water partition coefficient (Wildman–Crippen LogP) is -0.152. The standard InChI is InChI=1S/C16H15N5O5S/c22-15-13-6-12(8-18-14(13)19-16(23)20-15)27(24,25)21-5-3-11(9-21)26-10-2-1-4-17-7-10/h1-2,4,6-8,11H,3,5,9H2,(H2,18,19,20,22,23). The molecule has 1 atom stereocenters. The van der Waals surface area contributed by atoms with Crippen molar-refractivity contribution in [2.45, 2.75) is 17.4 Å². The molecule has 4 heterocycles. The van der Waals surface area contributed by atoms with Crippen molar-refractivity contribution in [2.75, 3.05) is 13.1 Å². The number of rotatable bonds is 4. The third-order valence-electron chi connectivity index (χ3n) is 4.25. The topological polar surface area (TPSA) is 138 Å². The van der Waals surface area contributed by atoms with Crippen LogP contribution in [0.3, 0.4) is 0 Å². The summed E-state index contributed by atoms with van der Waals surface area (Å²) in [5, 5.41) is -0.00182. The fraction of sp³-hybridized carbons (Fsp3) is 0.250. The largest absolute Gasteiger partial charge is 0.487 e. The molecule has 1 aliphatic rings. The highest BCUT2D eigenvalue weighted by atomic mass is 32.2. The number of nitrogens with one attached hydrogen (secondary N) is 2. The molecule has 3 aromatic heterocycles. The van der Waals surface area contributed by atoms with E-state index in [9.17, 15) is 18.0 Å². The number of ether oxygens (including phenoxy) is 1. The number of hydrogen-bond donors (Lipinski definition) is 2. The maximum Gasteiger partial charge on any atom is 0.327 e. The van der Waals surface area contributed by atoms with E-state index < -0.39 is 21.3 Å². The van der Waals surface area contributed by atoms with E-state index in [1.54, 1.807) is 24.5 Å². The van der Waals surface area contributed by atoms with Crippen LogP contribution in [0.4, 0.5) is 0 Å². The Labute approximate surface area is 152 Å². The molecule has 1 unspecified atom stereocenters. The lowest BCUT2D eigenvalue weighted by Crippen LogP contribution is -2.31. The summed E-state index contributed by atoms with van der Waals surface area (Å²) < 4.78 is 32.8. The highest BCUT2D eigenvalue weighted by Gasteiger charge is 2.34. The smallest absolute Gasteiger partial charge is 0.327 e. The van der Waals surface area contributed by atoms with Crippen LogP contribution < -0.4 is 16.0 Å². The molecule has 0 aromatic carbocycles. The third-order valence-corrected chi connectivity index (χ3v) is 6.08. The van der Waals surface area contributed by atoms with Gasteiger partial charge in [-0.1, -0.05) is 0 Å². The highest BCUT2D eigenvalue weighted by molar-refractivity contribution is 7.89. The van der Waals surface area contributed by atoms with Crippen molar-refractivity contribution in [2.24, 2.45) is 0 Å². The van der Waals surface area contributed by atoms with E-state index in [0.29, 0.717) is 12.2 Å². The molecule has 1 aliphatic heterocycles. The minimum Gasteiger partial charge on any atom is -0.487 e. The fourth-order valence-corrected chi connectivity index (χ4v) is 4.40.